The molecular formula is C15H12IN7O. The molecule has 1 N–H and O–H groups in total. The zero-order chi connectivity index (χ0) is 16.5. The van der Waals surface area contributed by atoms with Gasteiger partial charge in [-0.15, -0.1) is 10.2 Å². The number of pyridine rings is 2. The third-order valence-corrected chi connectivity index (χ3v) is 4.10. The largest absolute Gasteiger partial charge is 0.495 e. The summed E-state index contributed by atoms with van der Waals surface area (Å²) in [5.74, 6) is 1.40. The van der Waals surface area contributed by atoms with Crippen molar-refractivity contribution in [1.29, 1.82) is 0 Å². The first-order valence-electron chi connectivity index (χ1n) is 7.14. The normalized spacial score (nSPS) is 11.1. The van der Waals surface area contributed by atoms with E-state index in [2.05, 4.69) is 53.2 Å². The fourth-order valence-electron chi connectivity index (χ4n) is 2.36. The van der Waals surface area contributed by atoms with Gasteiger partial charge in [-0.3, -0.25) is 4.98 Å². The lowest BCUT2D eigenvalue weighted by atomic mass is 10.2. The second-order valence-electron chi connectivity index (χ2n) is 5.00. The molecule has 0 aliphatic rings. The molecule has 0 saturated carbocycles. The van der Waals surface area contributed by atoms with Gasteiger partial charge in [0.2, 0.25) is 0 Å². The molecule has 0 spiro atoms. The predicted octanol–water partition coefficient (Wildman–Crippen LogP) is 2.29. The van der Waals surface area contributed by atoms with Crippen molar-refractivity contribution in [2.75, 3.05) is 12.4 Å². The lowest BCUT2D eigenvalue weighted by Gasteiger charge is -2.08. The average Bonchev–Trinajstić information content (AvgIpc) is 3.01. The van der Waals surface area contributed by atoms with Crippen LogP contribution >= 0.6 is 22.6 Å². The van der Waals surface area contributed by atoms with Crippen LogP contribution in [0.1, 0.15) is 5.82 Å². The topological polar surface area (TPSA) is 90.1 Å². The molecule has 9 heteroatoms. The molecule has 4 rings (SSSR count). The van der Waals surface area contributed by atoms with Gasteiger partial charge in [0, 0.05) is 12.3 Å². The van der Waals surface area contributed by atoms with Crippen molar-refractivity contribution in [3.63, 3.8) is 0 Å². The van der Waals surface area contributed by atoms with Crippen LogP contribution in [0.2, 0.25) is 0 Å². The van der Waals surface area contributed by atoms with Crippen molar-refractivity contribution >= 4 is 45.0 Å². The van der Waals surface area contributed by atoms with Crippen molar-refractivity contribution in [2.24, 2.45) is 0 Å². The van der Waals surface area contributed by atoms with E-state index >= 15 is 0 Å². The molecule has 4 aromatic rings. The van der Waals surface area contributed by atoms with Crippen LogP contribution in [-0.2, 0) is 6.54 Å². The van der Waals surface area contributed by atoms with Crippen molar-refractivity contribution in [1.82, 2.24) is 29.8 Å². The molecule has 8 nitrogen and oxygen atoms in total. The molecule has 120 valence electrons. The molecule has 0 bridgehead atoms. The Balaban J connectivity index is 1.65. The maximum absolute atomic E-state index is 5.19. The number of nitrogens with zero attached hydrogens (tertiary/aromatic N) is 6. The molecule has 0 unspecified atom stereocenters. The Morgan fingerprint density at radius 2 is 2.12 bits per heavy atom. The maximum atomic E-state index is 5.19. The molecule has 0 saturated heterocycles. The number of hydrogen-bond acceptors (Lipinski definition) is 7. The molecule has 0 radical (unpaired) electrons. The van der Waals surface area contributed by atoms with E-state index in [1.807, 2.05) is 24.3 Å². The van der Waals surface area contributed by atoms with Crippen LogP contribution in [0.15, 0.2) is 36.7 Å². The fourth-order valence-corrected chi connectivity index (χ4v) is 2.76. The number of aromatic nitrogens is 6. The van der Waals surface area contributed by atoms with Crippen LogP contribution in [0, 0.1) is 3.70 Å². The third kappa shape index (κ3) is 2.70. The Morgan fingerprint density at radius 3 is 3.00 bits per heavy atom. The van der Waals surface area contributed by atoms with Gasteiger partial charge in [-0.25, -0.2) is 4.98 Å². The van der Waals surface area contributed by atoms with Gasteiger partial charge in [-0.2, -0.15) is 9.61 Å². The minimum absolute atomic E-state index is 0.473. The van der Waals surface area contributed by atoms with Crippen LogP contribution in [0.25, 0.3) is 16.7 Å². The molecule has 4 aromatic heterocycles. The number of hydrogen-bond donors (Lipinski definition) is 1. The van der Waals surface area contributed by atoms with Gasteiger partial charge in [0.05, 0.1) is 31.1 Å². The molecular weight excluding hydrogens is 421 g/mol. The average molecular weight is 433 g/mol. The molecule has 24 heavy (non-hydrogen) atoms. The zero-order valence-corrected chi connectivity index (χ0v) is 14.8. The molecule has 0 fully saturated rings. The maximum Gasteiger partial charge on any atom is 0.178 e. The number of halogens is 1. The summed E-state index contributed by atoms with van der Waals surface area (Å²) in [5, 5.41) is 16.1. The molecule has 0 atom stereocenters. The van der Waals surface area contributed by atoms with E-state index < -0.39 is 0 Å². The van der Waals surface area contributed by atoms with Crippen molar-refractivity contribution in [3.8, 4) is 5.75 Å². The van der Waals surface area contributed by atoms with Gasteiger partial charge in [0.25, 0.3) is 0 Å². The number of rotatable bonds is 4. The minimum atomic E-state index is 0.473. The number of methoxy groups -OCH3 is 1. The Kier molecular flexibility index (Phi) is 3.84. The molecule has 0 aliphatic carbocycles. The highest BCUT2D eigenvalue weighted by Gasteiger charge is 2.09. The summed E-state index contributed by atoms with van der Waals surface area (Å²) >= 11 is 2.16. The first kappa shape index (κ1) is 15.0. The lowest BCUT2D eigenvalue weighted by Crippen LogP contribution is -2.07. The van der Waals surface area contributed by atoms with Crippen molar-refractivity contribution in [3.05, 3.63) is 46.2 Å². The highest BCUT2D eigenvalue weighted by atomic mass is 127. The number of fused-ring (bicyclic) bond motifs is 2. The quantitative estimate of drug-likeness (QED) is 0.494. The van der Waals surface area contributed by atoms with E-state index in [1.54, 1.807) is 24.0 Å². The Morgan fingerprint density at radius 1 is 1.21 bits per heavy atom. The summed E-state index contributed by atoms with van der Waals surface area (Å²) in [6.45, 7) is 0.473. The van der Waals surface area contributed by atoms with Gasteiger partial charge in [0.15, 0.2) is 11.5 Å². The predicted molar refractivity (Wildman–Crippen MR) is 96.9 cm³/mol. The first-order valence-corrected chi connectivity index (χ1v) is 8.22. The van der Waals surface area contributed by atoms with Gasteiger partial charge < -0.3 is 10.1 Å². The standard InChI is InChI=1S/C15H12IN7O/c1-24-9-6-11-15(19-7-9)10(4-5-17-11)18-8-14-21-20-13-3-2-12(16)22-23(13)14/h2-7H,8H2,1H3,(H,17,18). The summed E-state index contributed by atoms with van der Waals surface area (Å²) < 4.78 is 7.80. The van der Waals surface area contributed by atoms with Crippen LogP contribution in [-0.4, -0.2) is 36.9 Å². The smallest absolute Gasteiger partial charge is 0.178 e. The highest BCUT2D eigenvalue weighted by Crippen LogP contribution is 2.23. The van der Waals surface area contributed by atoms with Gasteiger partial charge in [-0.1, -0.05) is 0 Å². The number of ether oxygens (including phenoxy) is 1. The summed E-state index contributed by atoms with van der Waals surface area (Å²) in [4.78, 5) is 8.75. The van der Waals surface area contributed by atoms with Crippen LogP contribution in [0.3, 0.4) is 0 Å². The monoisotopic (exact) mass is 433 g/mol. The van der Waals surface area contributed by atoms with Gasteiger partial charge in [-0.05, 0) is 40.8 Å². The summed E-state index contributed by atoms with van der Waals surface area (Å²) in [7, 11) is 1.61. The summed E-state index contributed by atoms with van der Waals surface area (Å²) in [6.07, 6.45) is 3.40. The highest BCUT2D eigenvalue weighted by molar-refractivity contribution is 14.1. The van der Waals surface area contributed by atoms with Crippen LogP contribution < -0.4 is 10.1 Å². The Labute approximate surface area is 150 Å². The number of anilines is 1. The van der Waals surface area contributed by atoms with Gasteiger partial charge >= 0.3 is 0 Å². The molecule has 0 amide bonds. The lowest BCUT2D eigenvalue weighted by molar-refractivity contribution is 0.413. The van der Waals surface area contributed by atoms with E-state index in [4.69, 9.17) is 4.74 Å². The second kappa shape index (κ2) is 6.15. The minimum Gasteiger partial charge on any atom is -0.495 e. The summed E-state index contributed by atoms with van der Waals surface area (Å²) in [5.41, 5.74) is 3.12. The second-order valence-corrected chi connectivity index (χ2v) is 6.10. The third-order valence-electron chi connectivity index (χ3n) is 3.52. The van der Waals surface area contributed by atoms with Crippen LogP contribution in [0.5, 0.6) is 5.75 Å². The first-order chi connectivity index (χ1) is 11.7. The Bertz CT molecular complexity index is 1030. The van der Waals surface area contributed by atoms with E-state index in [0.717, 1.165) is 31.9 Å². The summed E-state index contributed by atoms with van der Waals surface area (Å²) in [6, 6.07) is 7.52. The van der Waals surface area contributed by atoms with Crippen molar-refractivity contribution in [2.45, 2.75) is 6.54 Å². The van der Waals surface area contributed by atoms with E-state index in [1.165, 1.54) is 0 Å². The Hall–Kier alpha value is -2.56. The SMILES string of the molecule is COc1cnc2c(NCc3nnc4ccc(I)nn34)ccnc2c1. The molecule has 4 heterocycles. The molecule has 0 aromatic carbocycles. The van der Waals surface area contributed by atoms with E-state index in [9.17, 15) is 0 Å². The van der Waals surface area contributed by atoms with E-state index in [0.29, 0.717) is 12.3 Å². The van der Waals surface area contributed by atoms with Crippen molar-refractivity contribution < 1.29 is 4.74 Å². The number of nitrogens with one attached hydrogen (secondary N) is 1. The fraction of sp³-hybridized carbons (Fsp3) is 0.133. The zero-order valence-electron chi connectivity index (χ0n) is 12.6. The molecule has 0 aliphatic heterocycles. The van der Waals surface area contributed by atoms with E-state index in [-0.39, 0.29) is 0 Å². The van der Waals surface area contributed by atoms with Crippen LogP contribution in [0.4, 0.5) is 5.69 Å². The van der Waals surface area contributed by atoms with Gasteiger partial charge in [0.1, 0.15) is 15.0 Å².